The lowest BCUT2D eigenvalue weighted by Gasteiger charge is -2.01. The predicted molar refractivity (Wildman–Crippen MR) is 64.4 cm³/mol. The van der Waals surface area contributed by atoms with Crippen molar-refractivity contribution >= 4 is 11.3 Å². The molecule has 1 N–H and O–H groups in total. The molecule has 88 valence electrons. The molecule has 0 spiro atoms. The molecular weight excluding hydrogens is 224 g/mol. The summed E-state index contributed by atoms with van der Waals surface area (Å²) in [7, 11) is 1.65. The second-order valence-corrected chi connectivity index (χ2v) is 4.08. The Morgan fingerprint density at radius 3 is 3.06 bits per heavy atom. The van der Waals surface area contributed by atoms with Gasteiger partial charge in [0, 0.05) is 24.0 Å². The largest absolute Gasteiger partial charge is 0.395 e. The first-order valence-corrected chi connectivity index (χ1v) is 5.99. The normalized spacial score (nSPS) is 9.88. The fourth-order valence-electron chi connectivity index (χ4n) is 1.08. The van der Waals surface area contributed by atoms with Gasteiger partial charge < -0.3 is 14.6 Å². The van der Waals surface area contributed by atoms with Crippen molar-refractivity contribution in [3.05, 3.63) is 21.9 Å². The molecule has 1 aromatic heterocycles. The third-order valence-electron chi connectivity index (χ3n) is 1.87. The number of hydrogen-bond donors (Lipinski definition) is 1. The highest BCUT2D eigenvalue weighted by Crippen LogP contribution is 2.16. The second-order valence-electron chi connectivity index (χ2n) is 3.08. The fourth-order valence-corrected chi connectivity index (χ4v) is 1.85. The first-order valence-electron chi connectivity index (χ1n) is 5.11. The van der Waals surface area contributed by atoms with Gasteiger partial charge in [0.25, 0.3) is 0 Å². The van der Waals surface area contributed by atoms with Crippen molar-refractivity contribution in [1.82, 2.24) is 0 Å². The van der Waals surface area contributed by atoms with Crippen LogP contribution in [0.25, 0.3) is 0 Å². The van der Waals surface area contributed by atoms with E-state index in [1.165, 1.54) is 0 Å². The van der Waals surface area contributed by atoms with Crippen LogP contribution in [0, 0.1) is 11.8 Å². The Kier molecular flexibility index (Phi) is 6.86. The number of hydrogen-bond acceptors (Lipinski definition) is 4. The van der Waals surface area contributed by atoms with Crippen molar-refractivity contribution in [2.45, 2.75) is 13.0 Å². The maximum atomic E-state index is 8.63. The summed E-state index contributed by atoms with van der Waals surface area (Å²) in [4.78, 5) is 1.13. The van der Waals surface area contributed by atoms with Gasteiger partial charge in [-0.25, -0.2) is 0 Å². The summed E-state index contributed by atoms with van der Waals surface area (Å²) < 4.78 is 10.3. The monoisotopic (exact) mass is 240 g/mol. The van der Waals surface area contributed by atoms with Gasteiger partial charge in [-0.05, 0) is 11.4 Å². The lowest BCUT2D eigenvalue weighted by molar-refractivity contribution is 0.0628. The standard InChI is InChI=1S/C12H16O3S/c1-14-7-8-15-10-12-11(5-9-16-12)4-2-3-6-13/h5,9,13H,3,6-8,10H2,1H3. The highest BCUT2D eigenvalue weighted by Gasteiger charge is 2.01. The highest BCUT2D eigenvalue weighted by atomic mass is 32.1. The zero-order valence-corrected chi connectivity index (χ0v) is 10.2. The number of aliphatic hydroxyl groups excluding tert-OH is 1. The molecule has 1 aromatic rings. The molecule has 0 aliphatic rings. The Balaban J connectivity index is 2.42. The molecule has 0 radical (unpaired) electrons. The molecule has 0 bridgehead atoms. The van der Waals surface area contributed by atoms with Gasteiger partial charge >= 0.3 is 0 Å². The van der Waals surface area contributed by atoms with Gasteiger partial charge in [-0.3, -0.25) is 0 Å². The van der Waals surface area contributed by atoms with E-state index in [4.69, 9.17) is 14.6 Å². The molecule has 16 heavy (non-hydrogen) atoms. The van der Waals surface area contributed by atoms with Crippen molar-refractivity contribution < 1.29 is 14.6 Å². The summed E-state index contributed by atoms with van der Waals surface area (Å²) in [5, 5.41) is 10.6. The molecule has 0 unspecified atom stereocenters. The molecule has 0 amide bonds. The minimum atomic E-state index is 0.108. The van der Waals surface area contributed by atoms with E-state index in [0.29, 0.717) is 26.2 Å². The van der Waals surface area contributed by atoms with Crippen LogP contribution in [0.4, 0.5) is 0 Å². The fraction of sp³-hybridized carbons (Fsp3) is 0.500. The first kappa shape index (κ1) is 13.2. The van der Waals surface area contributed by atoms with Crippen molar-refractivity contribution in [3.8, 4) is 11.8 Å². The topological polar surface area (TPSA) is 38.7 Å². The number of thiophene rings is 1. The van der Waals surface area contributed by atoms with Crippen LogP contribution >= 0.6 is 11.3 Å². The molecule has 3 nitrogen and oxygen atoms in total. The second kappa shape index (κ2) is 8.31. The molecule has 0 aliphatic heterocycles. The van der Waals surface area contributed by atoms with Gasteiger partial charge in [-0.1, -0.05) is 11.8 Å². The van der Waals surface area contributed by atoms with Gasteiger partial charge in [0.1, 0.15) is 0 Å². The van der Waals surface area contributed by atoms with Crippen LogP contribution in [0.3, 0.4) is 0 Å². The van der Waals surface area contributed by atoms with Crippen molar-refractivity contribution in [2.75, 3.05) is 26.9 Å². The Morgan fingerprint density at radius 1 is 1.44 bits per heavy atom. The smallest absolute Gasteiger partial charge is 0.0823 e. The van der Waals surface area contributed by atoms with E-state index in [2.05, 4.69) is 11.8 Å². The van der Waals surface area contributed by atoms with Crippen LogP contribution in [-0.2, 0) is 16.1 Å². The molecule has 0 atom stereocenters. The zero-order chi connectivity index (χ0) is 11.6. The molecular formula is C12H16O3S. The third kappa shape index (κ3) is 4.77. The lowest BCUT2D eigenvalue weighted by Crippen LogP contribution is -2.01. The highest BCUT2D eigenvalue weighted by molar-refractivity contribution is 7.10. The molecule has 1 heterocycles. The molecule has 0 aliphatic carbocycles. The SMILES string of the molecule is COCCOCc1sccc1C#CCCO. The van der Waals surface area contributed by atoms with Crippen LogP contribution in [0.1, 0.15) is 16.9 Å². The quantitative estimate of drug-likeness (QED) is 0.607. The average Bonchev–Trinajstić information content (AvgIpc) is 2.73. The van der Waals surface area contributed by atoms with Gasteiger partial charge in [0.05, 0.1) is 26.4 Å². The molecule has 0 saturated carbocycles. The molecule has 1 rings (SSSR count). The molecule has 0 aromatic carbocycles. The van der Waals surface area contributed by atoms with Crippen LogP contribution < -0.4 is 0 Å². The molecule has 0 saturated heterocycles. The molecule has 0 fully saturated rings. The van der Waals surface area contributed by atoms with Crippen molar-refractivity contribution in [2.24, 2.45) is 0 Å². The summed E-state index contributed by atoms with van der Waals surface area (Å²) in [6, 6.07) is 1.98. The van der Waals surface area contributed by atoms with Crippen LogP contribution in [-0.4, -0.2) is 32.0 Å². The summed E-state index contributed by atoms with van der Waals surface area (Å²) in [5.74, 6) is 5.93. The summed E-state index contributed by atoms with van der Waals surface area (Å²) in [6.07, 6.45) is 0.514. The van der Waals surface area contributed by atoms with Gasteiger partial charge in [0.15, 0.2) is 0 Å². The van der Waals surface area contributed by atoms with E-state index in [0.717, 1.165) is 10.4 Å². The number of aliphatic hydroxyl groups is 1. The minimum absolute atomic E-state index is 0.108. The Hall–Kier alpha value is -0.860. The maximum Gasteiger partial charge on any atom is 0.0823 e. The number of rotatable bonds is 6. The van der Waals surface area contributed by atoms with E-state index < -0.39 is 0 Å². The lowest BCUT2D eigenvalue weighted by atomic mass is 10.2. The van der Waals surface area contributed by atoms with Crippen molar-refractivity contribution in [3.63, 3.8) is 0 Å². The van der Waals surface area contributed by atoms with Gasteiger partial charge in [-0.2, -0.15) is 0 Å². The summed E-state index contributed by atoms with van der Waals surface area (Å²) in [6.45, 7) is 1.88. The van der Waals surface area contributed by atoms with E-state index in [9.17, 15) is 0 Å². The summed E-state index contributed by atoms with van der Waals surface area (Å²) >= 11 is 1.63. The van der Waals surface area contributed by atoms with Gasteiger partial charge in [-0.15, -0.1) is 11.3 Å². The third-order valence-corrected chi connectivity index (χ3v) is 2.76. The Morgan fingerprint density at radius 2 is 2.31 bits per heavy atom. The van der Waals surface area contributed by atoms with Crippen LogP contribution in [0.15, 0.2) is 11.4 Å². The van der Waals surface area contributed by atoms with Crippen LogP contribution in [0.5, 0.6) is 0 Å². The Labute approximate surface area is 100 Å². The first-order chi connectivity index (χ1) is 7.88. The number of ether oxygens (including phenoxy) is 2. The Bertz CT molecular complexity index is 349. The van der Waals surface area contributed by atoms with Gasteiger partial charge in [0.2, 0.25) is 0 Å². The van der Waals surface area contributed by atoms with E-state index in [1.807, 2.05) is 11.4 Å². The number of methoxy groups -OCH3 is 1. The minimum Gasteiger partial charge on any atom is -0.395 e. The molecule has 4 heteroatoms. The average molecular weight is 240 g/mol. The van der Waals surface area contributed by atoms with E-state index in [-0.39, 0.29) is 6.61 Å². The van der Waals surface area contributed by atoms with E-state index >= 15 is 0 Å². The van der Waals surface area contributed by atoms with Crippen LogP contribution in [0.2, 0.25) is 0 Å². The van der Waals surface area contributed by atoms with E-state index in [1.54, 1.807) is 18.4 Å². The maximum absolute atomic E-state index is 8.63. The zero-order valence-electron chi connectivity index (χ0n) is 9.36. The summed E-state index contributed by atoms with van der Waals surface area (Å²) in [5.41, 5.74) is 0.996. The predicted octanol–water partition coefficient (Wildman–Crippen LogP) is 1.64. The van der Waals surface area contributed by atoms with Crippen molar-refractivity contribution in [1.29, 1.82) is 0 Å².